The Labute approximate surface area is 145 Å². The third kappa shape index (κ3) is 4.87. The molecule has 1 amide bonds. The summed E-state index contributed by atoms with van der Waals surface area (Å²) in [6.07, 6.45) is 1.37. The third-order valence-electron chi connectivity index (χ3n) is 3.70. The molecule has 0 bridgehead atoms. The molecular weight excluding hydrogens is 320 g/mol. The van der Waals surface area contributed by atoms with Gasteiger partial charge in [0.15, 0.2) is 0 Å². The van der Waals surface area contributed by atoms with Gasteiger partial charge in [0, 0.05) is 23.4 Å². The number of aryl methyl sites for hydroxylation is 2. The fourth-order valence-corrected chi connectivity index (χ4v) is 2.31. The van der Waals surface area contributed by atoms with Crippen LogP contribution in [-0.4, -0.2) is 23.1 Å². The Morgan fingerprint density at radius 2 is 1.84 bits per heavy atom. The van der Waals surface area contributed by atoms with Crippen molar-refractivity contribution in [3.8, 4) is 0 Å². The molecule has 2 aromatic carbocycles. The first-order chi connectivity index (χ1) is 11.9. The van der Waals surface area contributed by atoms with Gasteiger partial charge in [-0.1, -0.05) is 30.3 Å². The number of para-hydroxylation sites is 1. The number of nitrogens with one attached hydrogen (secondary N) is 2. The molecule has 0 aromatic heterocycles. The zero-order chi connectivity index (χ0) is 18.4. The maximum absolute atomic E-state index is 12.1. The molecule has 0 saturated heterocycles. The van der Waals surface area contributed by atoms with Gasteiger partial charge in [-0.2, -0.15) is 5.10 Å². The lowest BCUT2D eigenvalue weighted by Crippen LogP contribution is -2.35. The highest BCUT2D eigenvalue weighted by Crippen LogP contribution is 2.20. The van der Waals surface area contributed by atoms with Crippen LogP contribution in [0.15, 0.2) is 47.6 Å². The number of carbonyl (C=O) groups excluding carboxylic acids is 1. The maximum atomic E-state index is 12.1. The van der Waals surface area contributed by atoms with Gasteiger partial charge in [-0.3, -0.25) is 14.9 Å². The van der Waals surface area contributed by atoms with Crippen LogP contribution in [0.4, 0.5) is 11.4 Å². The Morgan fingerprint density at radius 3 is 2.48 bits per heavy atom. The van der Waals surface area contributed by atoms with E-state index in [1.165, 1.54) is 18.3 Å². The SMILES string of the molecule is Cc1cccc(C)c1NC(C)C(=O)N/N=C/c1cccc([N+](=O)[O-])c1. The normalized spacial score (nSPS) is 12.0. The van der Waals surface area contributed by atoms with Gasteiger partial charge in [0.05, 0.1) is 11.1 Å². The Hall–Kier alpha value is -3.22. The van der Waals surface area contributed by atoms with E-state index in [0.717, 1.165) is 16.8 Å². The Bertz CT molecular complexity index is 797. The number of nitro groups is 1. The zero-order valence-electron chi connectivity index (χ0n) is 14.3. The second kappa shape index (κ2) is 8.05. The maximum Gasteiger partial charge on any atom is 0.270 e. The number of carbonyl (C=O) groups is 1. The van der Waals surface area contributed by atoms with Gasteiger partial charge < -0.3 is 5.32 Å². The van der Waals surface area contributed by atoms with Crippen molar-refractivity contribution in [3.63, 3.8) is 0 Å². The predicted octanol–water partition coefficient (Wildman–Crippen LogP) is 3.16. The van der Waals surface area contributed by atoms with Crippen molar-refractivity contribution in [1.29, 1.82) is 0 Å². The van der Waals surface area contributed by atoms with E-state index >= 15 is 0 Å². The predicted molar refractivity (Wildman–Crippen MR) is 97.8 cm³/mol. The monoisotopic (exact) mass is 340 g/mol. The van der Waals surface area contributed by atoms with Crippen LogP contribution in [0.2, 0.25) is 0 Å². The van der Waals surface area contributed by atoms with E-state index in [2.05, 4.69) is 15.8 Å². The summed E-state index contributed by atoms with van der Waals surface area (Å²) in [5, 5.41) is 17.8. The van der Waals surface area contributed by atoms with Crippen molar-refractivity contribution in [2.45, 2.75) is 26.8 Å². The average Bonchev–Trinajstić information content (AvgIpc) is 2.58. The van der Waals surface area contributed by atoms with Crippen LogP contribution in [0.5, 0.6) is 0 Å². The molecule has 1 unspecified atom stereocenters. The van der Waals surface area contributed by atoms with E-state index in [0.29, 0.717) is 5.56 Å². The zero-order valence-corrected chi connectivity index (χ0v) is 14.3. The number of rotatable bonds is 6. The number of anilines is 1. The minimum Gasteiger partial charge on any atom is -0.373 e. The number of hydrogen-bond acceptors (Lipinski definition) is 5. The van der Waals surface area contributed by atoms with Crippen molar-refractivity contribution >= 4 is 23.5 Å². The van der Waals surface area contributed by atoms with Gasteiger partial charge >= 0.3 is 0 Å². The minimum atomic E-state index is -0.484. The van der Waals surface area contributed by atoms with Gasteiger partial charge in [-0.05, 0) is 31.9 Å². The van der Waals surface area contributed by atoms with Crippen LogP contribution in [0.25, 0.3) is 0 Å². The standard InChI is InChI=1S/C18H20N4O3/c1-12-6-4-7-13(2)17(12)20-14(3)18(23)21-19-11-15-8-5-9-16(10-15)22(24)25/h4-11,14,20H,1-3H3,(H,21,23)/b19-11+. The van der Waals surface area contributed by atoms with Gasteiger partial charge in [-0.15, -0.1) is 0 Å². The van der Waals surface area contributed by atoms with Crippen LogP contribution in [0.3, 0.4) is 0 Å². The van der Waals surface area contributed by atoms with E-state index in [1.807, 2.05) is 32.0 Å². The molecule has 25 heavy (non-hydrogen) atoms. The molecule has 130 valence electrons. The molecule has 2 aromatic rings. The smallest absolute Gasteiger partial charge is 0.270 e. The first kappa shape index (κ1) is 18.1. The molecule has 0 aliphatic heterocycles. The van der Waals surface area contributed by atoms with E-state index in [4.69, 9.17) is 0 Å². The van der Waals surface area contributed by atoms with Crippen molar-refractivity contribution in [2.75, 3.05) is 5.32 Å². The molecule has 2 rings (SSSR count). The molecule has 0 fully saturated rings. The number of non-ortho nitro benzene ring substituents is 1. The molecule has 7 heteroatoms. The number of benzene rings is 2. The summed E-state index contributed by atoms with van der Waals surface area (Å²) in [5.41, 5.74) is 5.98. The van der Waals surface area contributed by atoms with E-state index < -0.39 is 11.0 Å². The highest BCUT2D eigenvalue weighted by Gasteiger charge is 2.14. The van der Waals surface area contributed by atoms with Crippen LogP contribution in [0, 0.1) is 24.0 Å². The summed E-state index contributed by atoms with van der Waals surface area (Å²) < 4.78 is 0. The molecule has 0 saturated carbocycles. The number of hydrogen-bond donors (Lipinski definition) is 2. The van der Waals surface area contributed by atoms with E-state index in [-0.39, 0.29) is 11.6 Å². The molecule has 1 atom stereocenters. The van der Waals surface area contributed by atoms with Crippen molar-refractivity contribution in [2.24, 2.45) is 5.10 Å². The van der Waals surface area contributed by atoms with Crippen LogP contribution < -0.4 is 10.7 Å². The fraction of sp³-hybridized carbons (Fsp3) is 0.222. The van der Waals surface area contributed by atoms with E-state index in [9.17, 15) is 14.9 Å². The summed E-state index contributed by atoms with van der Waals surface area (Å²) in [4.78, 5) is 22.4. The second-order valence-corrected chi connectivity index (χ2v) is 5.72. The lowest BCUT2D eigenvalue weighted by molar-refractivity contribution is -0.384. The highest BCUT2D eigenvalue weighted by atomic mass is 16.6. The largest absolute Gasteiger partial charge is 0.373 e. The first-order valence-corrected chi connectivity index (χ1v) is 7.78. The second-order valence-electron chi connectivity index (χ2n) is 5.72. The third-order valence-corrected chi connectivity index (χ3v) is 3.70. The van der Waals surface area contributed by atoms with Crippen molar-refractivity contribution in [3.05, 3.63) is 69.3 Å². The summed E-state index contributed by atoms with van der Waals surface area (Å²) in [6, 6.07) is 11.4. The molecule has 0 spiro atoms. The molecule has 7 nitrogen and oxygen atoms in total. The summed E-state index contributed by atoms with van der Waals surface area (Å²) >= 11 is 0. The topological polar surface area (TPSA) is 96.6 Å². The number of amides is 1. The molecule has 0 heterocycles. The Kier molecular flexibility index (Phi) is 5.84. The van der Waals surface area contributed by atoms with Crippen LogP contribution >= 0.6 is 0 Å². The highest BCUT2D eigenvalue weighted by molar-refractivity contribution is 5.87. The van der Waals surface area contributed by atoms with Gasteiger partial charge in [0.1, 0.15) is 6.04 Å². The van der Waals surface area contributed by atoms with Gasteiger partial charge in [-0.25, -0.2) is 5.43 Å². The fourth-order valence-electron chi connectivity index (χ4n) is 2.31. The van der Waals surface area contributed by atoms with Crippen molar-refractivity contribution in [1.82, 2.24) is 5.43 Å². The Morgan fingerprint density at radius 1 is 1.20 bits per heavy atom. The molecule has 0 aliphatic rings. The first-order valence-electron chi connectivity index (χ1n) is 7.78. The molecule has 0 radical (unpaired) electrons. The lowest BCUT2D eigenvalue weighted by Gasteiger charge is -2.17. The molecule has 0 aliphatic carbocycles. The van der Waals surface area contributed by atoms with E-state index in [1.54, 1.807) is 19.1 Å². The average molecular weight is 340 g/mol. The molecular formula is C18H20N4O3. The summed E-state index contributed by atoms with van der Waals surface area (Å²) in [7, 11) is 0. The summed E-state index contributed by atoms with van der Waals surface area (Å²) in [5.74, 6) is -0.302. The Balaban J connectivity index is 1.97. The number of nitro benzene ring substituents is 1. The number of hydrazone groups is 1. The van der Waals surface area contributed by atoms with Crippen LogP contribution in [-0.2, 0) is 4.79 Å². The lowest BCUT2D eigenvalue weighted by atomic mass is 10.1. The van der Waals surface area contributed by atoms with Gasteiger partial charge in [0.25, 0.3) is 11.6 Å². The summed E-state index contributed by atoms with van der Waals surface area (Å²) in [6.45, 7) is 5.69. The quantitative estimate of drug-likeness (QED) is 0.479. The van der Waals surface area contributed by atoms with Crippen molar-refractivity contribution < 1.29 is 9.72 Å². The molecule has 2 N–H and O–H groups in total. The van der Waals surface area contributed by atoms with Gasteiger partial charge in [0.2, 0.25) is 0 Å². The number of nitrogens with zero attached hydrogens (tertiary/aromatic N) is 2. The van der Waals surface area contributed by atoms with Crippen LogP contribution in [0.1, 0.15) is 23.6 Å². The minimum absolute atomic E-state index is 0.0275.